The maximum atomic E-state index is 12.7. The maximum absolute atomic E-state index is 12.7. The van der Waals surface area contributed by atoms with Crippen LogP contribution in [0.25, 0.3) is 0 Å². The van der Waals surface area contributed by atoms with Gasteiger partial charge in [-0.05, 0) is 24.6 Å². The van der Waals surface area contributed by atoms with Crippen molar-refractivity contribution in [1.29, 1.82) is 0 Å². The highest BCUT2D eigenvalue weighted by molar-refractivity contribution is 5.58. The number of nitrogens with one attached hydrogen (secondary N) is 1. The summed E-state index contributed by atoms with van der Waals surface area (Å²) in [7, 11) is 1.59. The average molecular weight is 292 g/mol. The molecular weight excluding hydrogens is 273 g/mol. The number of halogens is 3. The first-order valence-electron chi connectivity index (χ1n) is 6.22. The van der Waals surface area contributed by atoms with E-state index >= 15 is 0 Å². The number of hydrogen-bond donors (Lipinski definition) is 2. The Labute approximate surface area is 116 Å². The molecule has 0 saturated heterocycles. The lowest BCUT2D eigenvalue weighted by atomic mass is 10.1. The minimum absolute atomic E-state index is 0.272. The second kappa shape index (κ2) is 7.96. The summed E-state index contributed by atoms with van der Waals surface area (Å²) < 4.78 is 48.0. The molecule has 0 aliphatic heterocycles. The lowest BCUT2D eigenvalue weighted by Crippen LogP contribution is -2.11. The molecule has 0 bridgehead atoms. The molecule has 0 aliphatic carbocycles. The summed E-state index contributed by atoms with van der Waals surface area (Å²) >= 11 is 0. The number of nitrogen functional groups attached to an aromatic ring is 1. The van der Waals surface area contributed by atoms with Crippen LogP contribution in [-0.4, -0.2) is 33.5 Å². The largest absolute Gasteiger partial charge is 0.418 e. The number of rotatable bonds is 8. The third-order valence-electron chi connectivity index (χ3n) is 2.59. The maximum Gasteiger partial charge on any atom is 0.418 e. The standard InChI is InChI=1S/C13H19F3N2O2/c1-19-7-8-20-6-2-5-18-10-3-4-12(17)11(9-10)13(14,15)16/h3-4,9,18H,2,5-8,17H2,1H3. The summed E-state index contributed by atoms with van der Waals surface area (Å²) in [5, 5.41) is 2.91. The molecule has 20 heavy (non-hydrogen) atoms. The van der Waals surface area contributed by atoms with E-state index in [2.05, 4.69) is 5.32 Å². The van der Waals surface area contributed by atoms with Crippen molar-refractivity contribution in [3.63, 3.8) is 0 Å². The van der Waals surface area contributed by atoms with Crippen LogP contribution in [0.2, 0.25) is 0 Å². The van der Waals surface area contributed by atoms with E-state index in [1.807, 2.05) is 0 Å². The van der Waals surface area contributed by atoms with Crippen LogP contribution < -0.4 is 11.1 Å². The third kappa shape index (κ3) is 5.66. The summed E-state index contributed by atoms with van der Waals surface area (Å²) in [6.45, 7) is 2.09. The summed E-state index contributed by atoms with van der Waals surface area (Å²) in [5.74, 6) is 0. The zero-order chi connectivity index (χ0) is 15.0. The van der Waals surface area contributed by atoms with Gasteiger partial charge in [0.2, 0.25) is 0 Å². The van der Waals surface area contributed by atoms with E-state index in [0.29, 0.717) is 38.5 Å². The van der Waals surface area contributed by atoms with Gasteiger partial charge in [0.05, 0.1) is 18.8 Å². The van der Waals surface area contributed by atoms with Gasteiger partial charge in [-0.1, -0.05) is 0 Å². The molecule has 0 amide bonds. The average Bonchev–Trinajstić information content (AvgIpc) is 2.38. The Morgan fingerprint density at radius 3 is 2.60 bits per heavy atom. The molecule has 3 N–H and O–H groups in total. The molecule has 0 atom stereocenters. The van der Waals surface area contributed by atoms with Crippen LogP contribution in [0.4, 0.5) is 24.5 Å². The fourth-order valence-corrected chi connectivity index (χ4v) is 1.56. The van der Waals surface area contributed by atoms with Gasteiger partial charge in [0, 0.05) is 31.6 Å². The quantitative estimate of drug-likeness (QED) is 0.571. The fraction of sp³-hybridized carbons (Fsp3) is 0.538. The van der Waals surface area contributed by atoms with Gasteiger partial charge in [-0.15, -0.1) is 0 Å². The summed E-state index contributed by atoms with van der Waals surface area (Å²) in [5.41, 5.74) is 4.62. The van der Waals surface area contributed by atoms with E-state index in [4.69, 9.17) is 15.2 Å². The Morgan fingerprint density at radius 1 is 1.20 bits per heavy atom. The molecular formula is C13H19F3N2O2. The molecule has 0 aromatic heterocycles. The van der Waals surface area contributed by atoms with Crippen molar-refractivity contribution >= 4 is 11.4 Å². The Morgan fingerprint density at radius 2 is 1.95 bits per heavy atom. The topological polar surface area (TPSA) is 56.5 Å². The predicted octanol–water partition coefficient (Wildman–Crippen LogP) is 2.75. The van der Waals surface area contributed by atoms with E-state index in [1.54, 1.807) is 7.11 Å². The first-order valence-corrected chi connectivity index (χ1v) is 6.22. The summed E-state index contributed by atoms with van der Waals surface area (Å²) in [4.78, 5) is 0. The van der Waals surface area contributed by atoms with Crippen LogP contribution in [0.3, 0.4) is 0 Å². The van der Waals surface area contributed by atoms with Crippen LogP contribution in [-0.2, 0) is 15.7 Å². The van der Waals surface area contributed by atoms with Gasteiger partial charge in [-0.25, -0.2) is 0 Å². The van der Waals surface area contributed by atoms with Gasteiger partial charge >= 0.3 is 6.18 Å². The molecule has 4 nitrogen and oxygen atoms in total. The van der Waals surface area contributed by atoms with E-state index in [1.165, 1.54) is 12.1 Å². The molecule has 0 heterocycles. The van der Waals surface area contributed by atoms with Gasteiger partial charge in [0.15, 0.2) is 0 Å². The van der Waals surface area contributed by atoms with Crippen LogP contribution in [0.1, 0.15) is 12.0 Å². The molecule has 1 rings (SSSR count). The molecule has 0 saturated carbocycles. The van der Waals surface area contributed by atoms with Crippen molar-refractivity contribution in [3.05, 3.63) is 23.8 Å². The van der Waals surface area contributed by atoms with Gasteiger partial charge in [0.1, 0.15) is 0 Å². The highest BCUT2D eigenvalue weighted by atomic mass is 19.4. The van der Waals surface area contributed by atoms with E-state index < -0.39 is 11.7 Å². The van der Waals surface area contributed by atoms with Crippen LogP contribution in [0.5, 0.6) is 0 Å². The molecule has 0 aliphatic rings. The first kappa shape index (κ1) is 16.6. The summed E-state index contributed by atoms with van der Waals surface area (Å²) in [6.07, 6.45) is -3.75. The Bertz CT molecular complexity index is 411. The number of benzene rings is 1. The Kier molecular flexibility index (Phi) is 6.60. The highest BCUT2D eigenvalue weighted by Gasteiger charge is 2.33. The van der Waals surface area contributed by atoms with Gasteiger partial charge in [-0.3, -0.25) is 0 Å². The second-order valence-corrected chi connectivity index (χ2v) is 4.19. The van der Waals surface area contributed by atoms with Crippen molar-refractivity contribution in [3.8, 4) is 0 Å². The van der Waals surface area contributed by atoms with Gasteiger partial charge in [0.25, 0.3) is 0 Å². The van der Waals surface area contributed by atoms with Gasteiger partial charge < -0.3 is 20.5 Å². The minimum Gasteiger partial charge on any atom is -0.398 e. The summed E-state index contributed by atoms with van der Waals surface area (Å²) in [6, 6.07) is 3.79. The third-order valence-corrected chi connectivity index (χ3v) is 2.59. The minimum atomic E-state index is -4.44. The SMILES string of the molecule is COCCOCCCNc1ccc(N)c(C(F)(F)F)c1. The van der Waals surface area contributed by atoms with Crippen molar-refractivity contribution in [1.82, 2.24) is 0 Å². The molecule has 0 unspecified atom stereocenters. The van der Waals surface area contributed by atoms with Crippen LogP contribution in [0, 0.1) is 0 Å². The number of nitrogens with two attached hydrogens (primary N) is 1. The smallest absolute Gasteiger partial charge is 0.398 e. The van der Waals surface area contributed by atoms with Crippen molar-refractivity contribution in [2.24, 2.45) is 0 Å². The zero-order valence-electron chi connectivity index (χ0n) is 11.3. The van der Waals surface area contributed by atoms with Crippen molar-refractivity contribution in [2.75, 3.05) is 44.5 Å². The molecule has 1 aromatic carbocycles. The lowest BCUT2D eigenvalue weighted by molar-refractivity contribution is -0.136. The first-order chi connectivity index (χ1) is 9.45. The molecule has 0 radical (unpaired) electrons. The molecule has 0 spiro atoms. The van der Waals surface area contributed by atoms with Gasteiger partial charge in [-0.2, -0.15) is 13.2 Å². The zero-order valence-corrected chi connectivity index (χ0v) is 11.3. The van der Waals surface area contributed by atoms with E-state index in [9.17, 15) is 13.2 Å². The molecule has 7 heteroatoms. The van der Waals surface area contributed by atoms with E-state index in [-0.39, 0.29) is 5.69 Å². The molecule has 0 fully saturated rings. The Balaban J connectivity index is 2.38. The van der Waals surface area contributed by atoms with Crippen LogP contribution in [0.15, 0.2) is 18.2 Å². The molecule has 1 aromatic rings. The molecule has 114 valence electrons. The van der Waals surface area contributed by atoms with Crippen molar-refractivity contribution in [2.45, 2.75) is 12.6 Å². The second-order valence-electron chi connectivity index (χ2n) is 4.19. The number of methoxy groups -OCH3 is 1. The number of anilines is 2. The number of hydrogen-bond acceptors (Lipinski definition) is 4. The number of alkyl halides is 3. The lowest BCUT2D eigenvalue weighted by Gasteiger charge is -2.13. The monoisotopic (exact) mass is 292 g/mol. The fourth-order valence-electron chi connectivity index (χ4n) is 1.56. The van der Waals surface area contributed by atoms with Crippen molar-refractivity contribution < 1.29 is 22.6 Å². The highest BCUT2D eigenvalue weighted by Crippen LogP contribution is 2.35. The predicted molar refractivity (Wildman–Crippen MR) is 71.7 cm³/mol. The normalized spacial score (nSPS) is 11.6. The van der Waals surface area contributed by atoms with Crippen LogP contribution >= 0.6 is 0 Å². The number of ether oxygens (including phenoxy) is 2. The van der Waals surface area contributed by atoms with E-state index in [0.717, 1.165) is 6.07 Å². The Hall–Kier alpha value is -1.47.